The first-order valence-electron chi connectivity index (χ1n) is 4.41. The van der Waals surface area contributed by atoms with Gasteiger partial charge in [-0.25, -0.2) is 18.6 Å². The molecule has 1 aromatic rings. The number of nitrogens with one attached hydrogen (secondary N) is 1. The molecule has 0 aliphatic heterocycles. The molecule has 0 unspecified atom stereocenters. The van der Waals surface area contributed by atoms with Gasteiger partial charge in [-0.1, -0.05) is 11.6 Å². The summed E-state index contributed by atoms with van der Waals surface area (Å²) in [5, 5.41) is 11.5. The highest BCUT2D eigenvalue weighted by Crippen LogP contribution is 2.17. The lowest BCUT2D eigenvalue weighted by Crippen LogP contribution is -2.11. The second-order valence-electron chi connectivity index (χ2n) is 2.96. The molecule has 0 saturated heterocycles. The van der Waals surface area contributed by atoms with Crippen molar-refractivity contribution in [2.24, 2.45) is 0 Å². The van der Waals surface area contributed by atoms with Crippen LogP contribution in [0.5, 0.6) is 0 Å². The molecule has 0 aromatic carbocycles. The van der Waals surface area contributed by atoms with E-state index in [4.69, 9.17) is 16.7 Å². The van der Waals surface area contributed by atoms with Crippen LogP contribution >= 0.6 is 11.6 Å². The summed E-state index contributed by atoms with van der Waals surface area (Å²) in [4.78, 5) is 14.5. The van der Waals surface area contributed by atoms with Gasteiger partial charge in [0.15, 0.2) is 0 Å². The minimum Gasteiger partial charge on any atom is -0.478 e. The zero-order valence-electron chi connectivity index (χ0n) is 8.08. The van der Waals surface area contributed by atoms with Crippen molar-refractivity contribution in [2.45, 2.75) is 12.8 Å². The molecule has 0 amide bonds. The van der Waals surface area contributed by atoms with Gasteiger partial charge in [-0.05, 0) is 6.07 Å². The number of carboxylic acids is 1. The van der Waals surface area contributed by atoms with Crippen LogP contribution in [-0.2, 0) is 0 Å². The number of hydrogen-bond acceptors (Lipinski definition) is 3. The van der Waals surface area contributed by atoms with Crippen molar-refractivity contribution in [1.29, 1.82) is 0 Å². The van der Waals surface area contributed by atoms with E-state index in [2.05, 4.69) is 10.3 Å². The monoisotopic (exact) mass is 250 g/mol. The number of alkyl halides is 2. The maximum Gasteiger partial charge on any atom is 0.339 e. The van der Waals surface area contributed by atoms with E-state index < -0.39 is 12.4 Å². The lowest BCUT2D eigenvalue weighted by molar-refractivity contribution is 0.0697. The fourth-order valence-electron chi connectivity index (χ4n) is 1.04. The van der Waals surface area contributed by atoms with E-state index in [-0.39, 0.29) is 29.4 Å². The van der Waals surface area contributed by atoms with Gasteiger partial charge in [-0.15, -0.1) is 0 Å². The molecule has 1 aromatic heterocycles. The minimum atomic E-state index is -2.44. The lowest BCUT2D eigenvalue weighted by Gasteiger charge is -2.08. The van der Waals surface area contributed by atoms with Crippen LogP contribution in [0.15, 0.2) is 12.3 Å². The van der Waals surface area contributed by atoms with Crippen molar-refractivity contribution in [3.8, 4) is 0 Å². The number of nitrogens with zero attached hydrogens (tertiary/aromatic N) is 1. The van der Waals surface area contributed by atoms with Crippen molar-refractivity contribution >= 4 is 23.4 Å². The van der Waals surface area contributed by atoms with Gasteiger partial charge in [0.2, 0.25) is 6.43 Å². The highest BCUT2D eigenvalue weighted by molar-refractivity contribution is 6.30. The van der Waals surface area contributed by atoms with Crippen LogP contribution in [0.4, 0.5) is 14.6 Å². The van der Waals surface area contributed by atoms with Gasteiger partial charge in [0.05, 0.1) is 5.02 Å². The molecular weight excluding hydrogens is 242 g/mol. The third kappa shape index (κ3) is 3.62. The van der Waals surface area contributed by atoms with Crippen LogP contribution in [0.3, 0.4) is 0 Å². The molecular formula is C9H9ClF2N2O2. The summed E-state index contributed by atoms with van der Waals surface area (Å²) in [7, 11) is 0. The average molecular weight is 251 g/mol. The van der Waals surface area contributed by atoms with Crippen molar-refractivity contribution in [1.82, 2.24) is 4.98 Å². The largest absolute Gasteiger partial charge is 0.478 e. The Hall–Kier alpha value is -1.43. The molecule has 1 rings (SSSR count). The Morgan fingerprint density at radius 2 is 2.31 bits per heavy atom. The first-order chi connectivity index (χ1) is 7.50. The standard InChI is InChI=1S/C9H9ClF2N2O2/c10-5-3-6(9(15)16)8(14-4-5)13-2-1-7(11)12/h3-4,7H,1-2H2,(H,13,14)(H,15,16). The number of carboxylic acid groups (broad SMARTS) is 1. The SMILES string of the molecule is O=C(O)c1cc(Cl)cnc1NCCC(F)F. The second-order valence-corrected chi connectivity index (χ2v) is 3.40. The molecule has 4 nitrogen and oxygen atoms in total. The zero-order chi connectivity index (χ0) is 12.1. The van der Waals surface area contributed by atoms with Gasteiger partial charge < -0.3 is 10.4 Å². The average Bonchev–Trinajstić information content (AvgIpc) is 2.19. The maximum atomic E-state index is 11.9. The van der Waals surface area contributed by atoms with Crippen LogP contribution in [0.2, 0.25) is 5.02 Å². The number of anilines is 1. The smallest absolute Gasteiger partial charge is 0.339 e. The first kappa shape index (κ1) is 12.6. The first-order valence-corrected chi connectivity index (χ1v) is 4.79. The van der Waals surface area contributed by atoms with Crippen LogP contribution in [0.25, 0.3) is 0 Å². The van der Waals surface area contributed by atoms with Gasteiger partial charge in [0.1, 0.15) is 11.4 Å². The molecule has 2 N–H and O–H groups in total. The Kier molecular flexibility index (Phi) is 4.42. The summed E-state index contributed by atoms with van der Waals surface area (Å²) in [6.45, 7) is -0.0490. The van der Waals surface area contributed by atoms with Crippen molar-refractivity contribution in [3.63, 3.8) is 0 Å². The summed E-state index contributed by atoms with van der Waals surface area (Å²) >= 11 is 5.57. The van der Waals surface area contributed by atoms with Crippen molar-refractivity contribution in [3.05, 3.63) is 22.8 Å². The summed E-state index contributed by atoms with van der Waals surface area (Å²) < 4.78 is 23.7. The van der Waals surface area contributed by atoms with Crippen LogP contribution in [0, 0.1) is 0 Å². The minimum absolute atomic E-state index is 0.0394. The Morgan fingerprint density at radius 1 is 1.62 bits per heavy atom. The van der Waals surface area contributed by atoms with E-state index in [9.17, 15) is 13.6 Å². The maximum absolute atomic E-state index is 11.9. The van der Waals surface area contributed by atoms with Gasteiger partial charge >= 0.3 is 5.97 Å². The Morgan fingerprint density at radius 3 is 2.88 bits per heavy atom. The predicted octanol–water partition coefficient (Wildman–Crippen LogP) is 2.50. The molecule has 0 spiro atoms. The topological polar surface area (TPSA) is 62.2 Å². The zero-order valence-corrected chi connectivity index (χ0v) is 8.84. The molecule has 1 heterocycles. The van der Waals surface area contributed by atoms with Gasteiger partial charge in [0, 0.05) is 19.2 Å². The lowest BCUT2D eigenvalue weighted by atomic mass is 10.2. The normalized spacial score (nSPS) is 10.5. The van der Waals surface area contributed by atoms with Crippen molar-refractivity contribution in [2.75, 3.05) is 11.9 Å². The second kappa shape index (κ2) is 5.60. The van der Waals surface area contributed by atoms with Crippen LogP contribution < -0.4 is 5.32 Å². The van der Waals surface area contributed by atoms with Gasteiger partial charge in [-0.2, -0.15) is 0 Å². The van der Waals surface area contributed by atoms with E-state index in [0.717, 1.165) is 0 Å². The predicted molar refractivity (Wildman–Crippen MR) is 55.3 cm³/mol. The highest BCUT2D eigenvalue weighted by Gasteiger charge is 2.12. The molecule has 0 atom stereocenters. The highest BCUT2D eigenvalue weighted by atomic mass is 35.5. The Bertz CT molecular complexity index is 388. The van der Waals surface area contributed by atoms with Crippen LogP contribution in [0.1, 0.15) is 16.8 Å². The Balaban J connectivity index is 2.75. The van der Waals surface area contributed by atoms with Crippen molar-refractivity contribution < 1.29 is 18.7 Å². The molecule has 7 heteroatoms. The van der Waals surface area contributed by atoms with E-state index in [1.54, 1.807) is 0 Å². The molecule has 0 bridgehead atoms. The number of pyridine rings is 1. The molecule has 0 fully saturated rings. The molecule has 0 aliphatic rings. The third-order valence-electron chi connectivity index (χ3n) is 1.74. The van der Waals surface area contributed by atoms with Crippen LogP contribution in [-0.4, -0.2) is 29.0 Å². The van der Waals surface area contributed by atoms with E-state index >= 15 is 0 Å². The summed E-state index contributed by atoms with van der Waals surface area (Å²) in [5.41, 5.74) is -0.137. The summed E-state index contributed by atoms with van der Waals surface area (Å²) in [6, 6.07) is 1.21. The third-order valence-corrected chi connectivity index (χ3v) is 1.95. The van der Waals surface area contributed by atoms with E-state index in [1.807, 2.05) is 0 Å². The molecule has 88 valence electrons. The molecule has 0 aliphatic carbocycles. The van der Waals surface area contributed by atoms with Gasteiger partial charge in [-0.3, -0.25) is 0 Å². The number of rotatable bonds is 5. The molecule has 16 heavy (non-hydrogen) atoms. The number of hydrogen-bond donors (Lipinski definition) is 2. The fraction of sp³-hybridized carbons (Fsp3) is 0.333. The van der Waals surface area contributed by atoms with E-state index in [0.29, 0.717) is 0 Å². The van der Waals surface area contributed by atoms with Gasteiger partial charge in [0.25, 0.3) is 0 Å². The summed E-state index contributed by atoms with van der Waals surface area (Å²) in [5.74, 6) is -1.17. The summed E-state index contributed by atoms with van der Waals surface area (Å²) in [6.07, 6.45) is -1.56. The number of aromatic nitrogens is 1. The molecule has 0 saturated carbocycles. The molecule has 0 radical (unpaired) electrons. The number of carbonyl (C=O) groups is 1. The number of aromatic carboxylic acids is 1. The van der Waals surface area contributed by atoms with E-state index in [1.165, 1.54) is 12.3 Å². The Labute approximate surface area is 95.3 Å². The quantitative estimate of drug-likeness (QED) is 0.843. The number of halogens is 3. The fourth-order valence-corrected chi connectivity index (χ4v) is 1.20.